The molecule has 0 spiro atoms. The SMILES string of the molecule is FP(F)OCc1ccc(Cl)cc1. The molecule has 1 nitrogen and oxygen atoms in total. The maximum Gasteiger partial charge on any atom is 0.415 e. The van der Waals surface area contributed by atoms with Gasteiger partial charge in [0, 0.05) is 5.02 Å². The van der Waals surface area contributed by atoms with Crippen molar-refractivity contribution in [2.75, 3.05) is 0 Å². The van der Waals surface area contributed by atoms with Gasteiger partial charge in [0.15, 0.2) is 0 Å². The topological polar surface area (TPSA) is 9.23 Å². The molecule has 1 aromatic carbocycles. The van der Waals surface area contributed by atoms with Crippen LogP contribution in [0.2, 0.25) is 5.02 Å². The summed E-state index contributed by atoms with van der Waals surface area (Å²) in [6.07, 6.45) is 0. The van der Waals surface area contributed by atoms with Gasteiger partial charge in [0.1, 0.15) is 0 Å². The highest BCUT2D eigenvalue weighted by Gasteiger charge is 2.04. The van der Waals surface area contributed by atoms with E-state index in [4.69, 9.17) is 11.6 Å². The summed E-state index contributed by atoms with van der Waals surface area (Å²) in [5, 5.41) is 0.585. The minimum Gasteiger partial charge on any atom is -0.301 e. The summed E-state index contributed by atoms with van der Waals surface area (Å²) in [5.74, 6) is 0. The van der Waals surface area contributed by atoms with Crippen LogP contribution < -0.4 is 0 Å². The molecule has 0 aliphatic heterocycles. The van der Waals surface area contributed by atoms with Crippen molar-refractivity contribution < 1.29 is 12.9 Å². The molecule has 1 rings (SSSR count). The second-order valence-electron chi connectivity index (χ2n) is 2.10. The molecule has 0 saturated carbocycles. The van der Waals surface area contributed by atoms with Crippen LogP contribution >= 0.6 is 20.4 Å². The lowest BCUT2D eigenvalue weighted by Gasteiger charge is -2.00. The van der Waals surface area contributed by atoms with Crippen molar-refractivity contribution in [3.8, 4) is 0 Å². The minimum absolute atomic E-state index is 0.0597. The minimum atomic E-state index is -3.26. The largest absolute Gasteiger partial charge is 0.415 e. The highest BCUT2D eigenvalue weighted by Crippen LogP contribution is 2.40. The molecule has 0 aliphatic rings. The van der Waals surface area contributed by atoms with Gasteiger partial charge >= 0.3 is 8.77 Å². The van der Waals surface area contributed by atoms with Crippen molar-refractivity contribution in [1.29, 1.82) is 0 Å². The van der Waals surface area contributed by atoms with Crippen LogP contribution in [0.3, 0.4) is 0 Å². The monoisotopic (exact) mass is 210 g/mol. The van der Waals surface area contributed by atoms with E-state index in [0.717, 1.165) is 0 Å². The molecule has 0 fully saturated rings. The fourth-order valence-corrected chi connectivity index (χ4v) is 1.08. The van der Waals surface area contributed by atoms with Crippen LogP contribution in [-0.4, -0.2) is 0 Å². The molecule has 0 radical (unpaired) electrons. The van der Waals surface area contributed by atoms with Crippen LogP contribution in [0.15, 0.2) is 24.3 Å². The molecule has 12 heavy (non-hydrogen) atoms. The van der Waals surface area contributed by atoms with Gasteiger partial charge in [-0.3, -0.25) is 0 Å². The average Bonchev–Trinajstić information content (AvgIpc) is 2.03. The maximum absolute atomic E-state index is 11.6. The van der Waals surface area contributed by atoms with Gasteiger partial charge in [-0.25, -0.2) is 0 Å². The average molecular weight is 211 g/mol. The van der Waals surface area contributed by atoms with Crippen LogP contribution in [0.1, 0.15) is 5.56 Å². The molecule has 0 bridgehead atoms. The summed E-state index contributed by atoms with van der Waals surface area (Å²) in [6, 6.07) is 6.58. The fourth-order valence-electron chi connectivity index (χ4n) is 0.704. The molecule has 0 atom stereocenters. The zero-order valence-electron chi connectivity index (χ0n) is 6.01. The van der Waals surface area contributed by atoms with Crippen LogP contribution in [0.4, 0.5) is 8.39 Å². The van der Waals surface area contributed by atoms with Gasteiger partial charge in [-0.1, -0.05) is 23.7 Å². The first kappa shape index (κ1) is 9.85. The summed E-state index contributed by atoms with van der Waals surface area (Å²) in [5.41, 5.74) is 0.696. The van der Waals surface area contributed by atoms with E-state index in [0.29, 0.717) is 10.6 Å². The highest BCUT2D eigenvalue weighted by atomic mass is 35.5. The van der Waals surface area contributed by atoms with Gasteiger partial charge in [0.05, 0.1) is 6.61 Å². The normalized spacial score (nSPS) is 10.7. The zero-order chi connectivity index (χ0) is 8.97. The van der Waals surface area contributed by atoms with E-state index in [-0.39, 0.29) is 6.61 Å². The molecule has 0 aliphatic carbocycles. The summed E-state index contributed by atoms with van der Waals surface area (Å²) < 4.78 is 27.4. The third-order valence-corrected chi connectivity index (χ3v) is 1.82. The van der Waals surface area contributed by atoms with Crippen LogP contribution in [0.5, 0.6) is 0 Å². The third kappa shape index (κ3) is 3.44. The Morgan fingerprint density at radius 3 is 2.33 bits per heavy atom. The summed E-state index contributed by atoms with van der Waals surface area (Å²) >= 11 is 5.59. The van der Waals surface area contributed by atoms with Gasteiger partial charge in [0.2, 0.25) is 0 Å². The Morgan fingerprint density at radius 2 is 1.83 bits per heavy atom. The smallest absolute Gasteiger partial charge is 0.301 e. The Bertz CT molecular complexity index is 240. The predicted molar refractivity (Wildman–Crippen MR) is 45.4 cm³/mol. The lowest BCUT2D eigenvalue weighted by atomic mass is 10.2. The van der Waals surface area contributed by atoms with E-state index in [1.54, 1.807) is 24.3 Å². The first-order chi connectivity index (χ1) is 5.68. The fraction of sp³-hybridized carbons (Fsp3) is 0.143. The Morgan fingerprint density at radius 1 is 1.25 bits per heavy atom. The van der Waals surface area contributed by atoms with Crippen LogP contribution in [-0.2, 0) is 11.1 Å². The zero-order valence-corrected chi connectivity index (χ0v) is 7.66. The first-order valence-corrected chi connectivity index (χ1v) is 4.59. The summed E-state index contributed by atoms with van der Waals surface area (Å²) in [7, 11) is -3.26. The van der Waals surface area contributed by atoms with E-state index < -0.39 is 8.77 Å². The van der Waals surface area contributed by atoms with Gasteiger partial charge < -0.3 is 4.52 Å². The Kier molecular flexibility index (Phi) is 3.86. The number of rotatable bonds is 3. The van der Waals surface area contributed by atoms with E-state index in [1.807, 2.05) is 0 Å². The molecular formula is C7H6ClF2OP. The highest BCUT2D eigenvalue weighted by molar-refractivity contribution is 7.40. The molecule has 5 heteroatoms. The van der Waals surface area contributed by atoms with Gasteiger partial charge in [0.25, 0.3) is 0 Å². The molecule has 0 heterocycles. The second kappa shape index (κ2) is 4.70. The molecule has 0 N–H and O–H groups in total. The Hall–Kier alpha value is -0.240. The van der Waals surface area contributed by atoms with E-state index in [1.165, 1.54) is 0 Å². The summed E-state index contributed by atoms with van der Waals surface area (Å²) in [4.78, 5) is 0. The number of benzene rings is 1. The number of hydrogen-bond acceptors (Lipinski definition) is 1. The van der Waals surface area contributed by atoms with Crippen molar-refractivity contribution in [2.45, 2.75) is 6.61 Å². The van der Waals surface area contributed by atoms with Gasteiger partial charge in [-0.15, -0.1) is 0 Å². The van der Waals surface area contributed by atoms with Crippen molar-refractivity contribution in [1.82, 2.24) is 0 Å². The Balaban J connectivity index is 2.48. The van der Waals surface area contributed by atoms with E-state index in [9.17, 15) is 8.39 Å². The quantitative estimate of drug-likeness (QED) is 0.685. The molecule has 0 aromatic heterocycles. The van der Waals surface area contributed by atoms with Crippen molar-refractivity contribution >= 4 is 20.4 Å². The predicted octanol–water partition coefficient (Wildman–Crippen LogP) is 4.02. The van der Waals surface area contributed by atoms with E-state index >= 15 is 0 Å². The van der Waals surface area contributed by atoms with Crippen molar-refractivity contribution in [2.24, 2.45) is 0 Å². The van der Waals surface area contributed by atoms with Gasteiger partial charge in [-0.2, -0.15) is 8.39 Å². The molecule has 66 valence electrons. The molecule has 0 unspecified atom stereocenters. The number of hydrogen-bond donors (Lipinski definition) is 0. The lowest BCUT2D eigenvalue weighted by Crippen LogP contribution is -1.83. The maximum atomic E-state index is 11.6. The summed E-state index contributed by atoms with van der Waals surface area (Å²) in [6.45, 7) is -0.0597. The van der Waals surface area contributed by atoms with Gasteiger partial charge in [-0.05, 0) is 17.7 Å². The van der Waals surface area contributed by atoms with Crippen molar-refractivity contribution in [3.63, 3.8) is 0 Å². The lowest BCUT2D eigenvalue weighted by molar-refractivity contribution is 0.298. The molecule has 0 saturated heterocycles. The van der Waals surface area contributed by atoms with Crippen molar-refractivity contribution in [3.05, 3.63) is 34.9 Å². The standard InChI is InChI=1S/C7H6ClF2OP/c8-7-3-1-6(2-4-7)5-11-12(9)10/h1-4H,5H2. The van der Waals surface area contributed by atoms with Crippen LogP contribution in [0, 0.1) is 0 Å². The first-order valence-electron chi connectivity index (χ1n) is 3.17. The Labute approximate surface area is 75.4 Å². The van der Waals surface area contributed by atoms with Crippen LogP contribution in [0.25, 0.3) is 0 Å². The molecule has 1 aromatic rings. The molecular weight excluding hydrogens is 204 g/mol. The third-order valence-electron chi connectivity index (χ3n) is 1.24. The number of halogens is 3. The molecule has 0 amide bonds. The second-order valence-corrected chi connectivity index (χ2v) is 3.20. The van der Waals surface area contributed by atoms with E-state index in [2.05, 4.69) is 4.52 Å².